The minimum atomic E-state index is -0.404. The van der Waals surface area contributed by atoms with E-state index in [1.165, 1.54) is 5.56 Å². The number of aliphatic hydroxyl groups excluding tert-OH is 1. The molecular weight excluding hydrogens is 202 g/mol. The van der Waals surface area contributed by atoms with Gasteiger partial charge in [-0.1, -0.05) is 19.4 Å². The topological polar surface area (TPSA) is 41.5 Å². The van der Waals surface area contributed by atoms with Gasteiger partial charge in [-0.15, -0.1) is 0 Å². The Balaban J connectivity index is 2.08. The molecule has 0 aromatic heterocycles. The van der Waals surface area contributed by atoms with Crippen molar-refractivity contribution in [2.45, 2.75) is 32.4 Å². The molecule has 0 saturated carbocycles. The number of β-amino-alcohol motifs (C(OH)–C–C–N with tert-alkyl or cyclic N) is 1. The van der Waals surface area contributed by atoms with Crippen LogP contribution in [0, 0.1) is 0 Å². The van der Waals surface area contributed by atoms with Crippen LogP contribution in [0.4, 0.5) is 0 Å². The maximum absolute atomic E-state index is 9.84. The molecule has 2 N–H and O–H groups in total. The fraction of sp³-hybridized carbons (Fsp3) is 0.538. The Bertz CT molecular complexity index is 352. The van der Waals surface area contributed by atoms with Gasteiger partial charge in [0, 0.05) is 13.1 Å². The first-order chi connectivity index (χ1) is 7.81. The third-order valence-corrected chi connectivity index (χ3v) is 2.90. The zero-order valence-electron chi connectivity index (χ0n) is 9.70. The summed E-state index contributed by atoms with van der Waals surface area (Å²) in [6, 6.07) is 5.98. The summed E-state index contributed by atoms with van der Waals surface area (Å²) in [6.07, 6.45) is 1.80. The predicted octanol–water partition coefficient (Wildman–Crippen LogP) is 2.00. The second-order valence-corrected chi connectivity index (χ2v) is 4.21. The highest BCUT2D eigenvalue weighted by atomic mass is 16.5. The maximum Gasteiger partial charge on any atom is 0.119 e. The average Bonchev–Trinajstić information content (AvgIpc) is 2.30. The summed E-state index contributed by atoms with van der Waals surface area (Å²) in [5, 5.41) is 13.0. The molecule has 16 heavy (non-hydrogen) atoms. The first-order valence-corrected chi connectivity index (χ1v) is 5.95. The highest BCUT2D eigenvalue weighted by Crippen LogP contribution is 2.26. The molecule has 0 bridgehead atoms. The largest absolute Gasteiger partial charge is 0.494 e. The van der Waals surface area contributed by atoms with Crippen molar-refractivity contribution in [2.24, 2.45) is 0 Å². The lowest BCUT2D eigenvalue weighted by atomic mass is 9.98. The summed E-state index contributed by atoms with van der Waals surface area (Å²) in [4.78, 5) is 0. The van der Waals surface area contributed by atoms with Crippen LogP contribution in [0.25, 0.3) is 0 Å². The highest BCUT2D eigenvalue weighted by Gasteiger charge is 2.17. The predicted molar refractivity (Wildman–Crippen MR) is 63.5 cm³/mol. The van der Waals surface area contributed by atoms with Crippen LogP contribution in [0.5, 0.6) is 5.75 Å². The summed E-state index contributed by atoms with van der Waals surface area (Å²) < 4.78 is 5.63. The summed E-state index contributed by atoms with van der Waals surface area (Å²) in [5.41, 5.74) is 2.18. The van der Waals surface area contributed by atoms with E-state index >= 15 is 0 Å². The molecule has 0 amide bonds. The molecule has 3 heteroatoms. The molecule has 1 atom stereocenters. The number of hydrogen-bond acceptors (Lipinski definition) is 3. The first kappa shape index (κ1) is 11.4. The highest BCUT2D eigenvalue weighted by molar-refractivity contribution is 5.38. The van der Waals surface area contributed by atoms with Crippen molar-refractivity contribution in [3.63, 3.8) is 0 Å². The fourth-order valence-electron chi connectivity index (χ4n) is 1.92. The lowest BCUT2D eigenvalue weighted by Crippen LogP contribution is -2.27. The van der Waals surface area contributed by atoms with Gasteiger partial charge in [0.2, 0.25) is 0 Å². The van der Waals surface area contributed by atoms with E-state index in [2.05, 4.69) is 12.2 Å². The van der Waals surface area contributed by atoms with Crippen molar-refractivity contribution >= 4 is 0 Å². The molecule has 3 nitrogen and oxygen atoms in total. The third-order valence-electron chi connectivity index (χ3n) is 2.90. The van der Waals surface area contributed by atoms with Crippen LogP contribution in [-0.2, 0) is 6.54 Å². The first-order valence-electron chi connectivity index (χ1n) is 5.95. The summed E-state index contributed by atoms with van der Waals surface area (Å²) in [5.74, 6) is 0.869. The molecule has 0 aliphatic carbocycles. The molecule has 1 aliphatic heterocycles. The lowest BCUT2D eigenvalue weighted by Gasteiger charge is -2.23. The summed E-state index contributed by atoms with van der Waals surface area (Å²) in [7, 11) is 0. The van der Waals surface area contributed by atoms with E-state index in [1.807, 2.05) is 18.2 Å². The minimum Gasteiger partial charge on any atom is -0.494 e. The van der Waals surface area contributed by atoms with E-state index in [0.29, 0.717) is 6.54 Å². The molecule has 88 valence electrons. The van der Waals surface area contributed by atoms with Gasteiger partial charge in [0.15, 0.2) is 0 Å². The van der Waals surface area contributed by atoms with E-state index in [-0.39, 0.29) is 0 Å². The second kappa shape index (κ2) is 5.32. The lowest BCUT2D eigenvalue weighted by molar-refractivity contribution is 0.164. The van der Waals surface area contributed by atoms with E-state index < -0.39 is 6.10 Å². The van der Waals surface area contributed by atoms with Gasteiger partial charge in [0.05, 0.1) is 12.7 Å². The van der Waals surface area contributed by atoms with Gasteiger partial charge in [-0.3, -0.25) is 0 Å². The number of ether oxygens (including phenoxy) is 1. The SMILES string of the molecule is CCCCOc1ccc2c(c1)C(O)CNC2. The quantitative estimate of drug-likeness (QED) is 0.764. The van der Waals surface area contributed by atoms with Gasteiger partial charge in [0.1, 0.15) is 5.75 Å². The van der Waals surface area contributed by atoms with Crippen LogP contribution in [0.1, 0.15) is 37.0 Å². The van der Waals surface area contributed by atoms with Crippen LogP contribution >= 0.6 is 0 Å². The Morgan fingerprint density at radius 1 is 1.50 bits per heavy atom. The number of hydrogen-bond donors (Lipinski definition) is 2. The van der Waals surface area contributed by atoms with Crippen molar-refractivity contribution < 1.29 is 9.84 Å². The molecule has 1 aromatic carbocycles. The van der Waals surface area contributed by atoms with Gasteiger partial charge >= 0.3 is 0 Å². The van der Waals surface area contributed by atoms with E-state index in [1.54, 1.807) is 0 Å². The maximum atomic E-state index is 9.84. The smallest absolute Gasteiger partial charge is 0.119 e. The number of aliphatic hydroxyl groups is 1. The number of benzene rings is 1. The van der Waals surface area contributed by atoms with Crippen LogP contribution in [0.3, 0.4) is 0 Å². The zero-order valence-corrected chi connectivity index (χ0v) is 9.70. The van der Waals surface area contributed by atoms with E-state index in [9.17, 15) is 5.11 Å². The van der Waals surface area contributed by atoms with Gasteiger partial charge in [-0.2, -0.15) is 0 Å². The Labute approximate surface area is 96.4 Å². The van der Waals surface area contributed by atoms with Gasteiger partial charge < -0.3 is 15.2 Å². The van der Waals surface area contributed by atoms with Gasteiger partial charge in [-0.25, -0.2) is 0 Å². The van der Waals surface area contributed by atoms with Crippen molar-refractivity contribution in [3.05, 3.63) is 29.3 Å². The average molecular weight is 221 g/mol. The molecule has 1 aromatic rings. The normalized spacial score (nSPS) is 19.2. The zero-order chi connectivity index (χ0) is 11.4. The fourth-order valence-corrected chi connectivity index (χ4v) is 1.92. The van der Waals surface area contributed by atoms with E-state index in [0.717, 1.165) is 37.3 Å². The van der Waals surface area contributed by atoms with Crippen molar-refractivity contribution in [1.29, 1.82) is 0 Å². The van der Waals surface area contributed by atoms with Crippen LogP contribution in [-0.4, -0.2) is 18.3 Å². The van der Waals surface area contributed by atoms with Gasteiger partial charge in [0.25, 0.3) is 0 Å². The Kier molecular flexibility index (Phi) is 3.80. The molecule has 1 heterocycles. The Morgan fingerprint density at radius 3 is 3.19 bits per heavy atom. The number of fused-ring (bicyclic) bond motifs is 1. The molecular formula is C13H19NO2. The molecule has 0 saturated heterocycles. The number of rotatable bonds is 4. The van der Waals surface area contributed by atoms with Crippen molar-refractivity contribution in [2.75, 3.05) is 13.2 Å². The third kappa shape index (κ3) is 2.54. The monoisotopic (exact) mass is 221 g/mol. The molecule has 0 spiro atoms. The van der Waals surface area contributed by atoms with Crippen LogP contribution < -0.4 is 10.1 Å². The summed E-state index contributed by atoms with van der Waals surface area (Å²) >= 11 is 0. The molecule has 1 aliphatic rings. The van der Waals surface area contributed by atoms with E-state index in [4.69, 9.17) is 4.74 Å². The molecule has 2 rings (SSSR count). The Morgan fingerprint density at radius 2 is 2.38 bits per heavy atom. The molecule has 0 radical (unpaired) electrons. The molecule has 1 unspecified atom stereocenters. The second-order valence-electron chi connectivity index (χ2n) is 4.21. The van der Waals surface area contributed by atoms with Crippen LogP contribution in [0.15, 0.2) is 18.2 Å². The summed E-state index contributed by atoms with van der Waals surface area (Å²) in [6.45, 7) is 4.36. The Hall–Kier alpha value is -1.06. The number of unbranched alkanes of at least 4 members (excludes halogenated alkanes) is 1. The molecule has 0 fully saturated rings. The standard InChI is InChI=1S/C13H19NO2/c1-2-3-6-16-11-5-4-10-8-14-9-13(15)12(10)7-11/h4-5,7,13-15H,2-3,6,8-9H2,1H3. The van der Waals surface area contributed by atoms with Crippen molar-refractivity contribution in [3.8, 4) is 5.75 Å². The van der Waals surface area contributed by atoms with Crippen LogP contribution in [0.2, 0.25) is 0 Å². The van der Waals surface area contributed by atoms with Gasteiger partial charge in [-0.05, 0) is 29.7 Å². The number of nitrogens with one attached hydrogen (secondary N) is 1. The van der Waals surface area contributed by atoms with Crippen molar-refractivity contribution in [1.82, 2.24) is 5.32 Å². The minimum absolute atomic E-state index is 0.404.